The van der Waals surface area contributed by atoms with Crippen molar-refractivity contribution >= 4 is 0 Å². The van der Waals surface area contributed by atoms with Gasteiger partial charge in [-0.2, -0.15) is 4.39 Å². The fraction of sp³-hybridized carbons (Fsp3) is 0.400. The smallest absolute Gasteiger partial charge is 0.201 e. The number of hydrogen-bond donors (Lipinski definition) is 0. The van der Waals surface area contributed by atoms with Crippen molar-refractivity contribution in [3.05, 3.63) is 52.3 Å². The molecule has 128 valence electrons. The third-order valence-electron chi connectivity index (χ3n) is 4.47. The Labute approximate surface area is 140 Å². The molecule has 0 aliphatic heterocycles. The molecule has 1 nitrogen and oxygen atoms in total. The summed E-state index contributed by atoms with van der Waals surface area (Å²) in [5, 5.41) is 0. The van der Waals surface area contributed by atoms with Crippen molar-refractivity contribution in [2.45, 2.75) is 46.0 Å². The minimum absolute atomic E-state index is 0.0563. The highest BCUT2D eigenvalue weighted by molar-refractivity contribution is 5.79. The van der Waals surface area contributed by atoms with Crippen LogP contribution in [0.5, 0.6) is 5.75 Å². The van der Waals surface area contributed by atoms with Gasteiger partial charge in [-0.1, -0.05) is 38.8 Å². The molecule has 0 saturated carbocycles. The van der Waals surface area contributed by atoms with Gasteiger partial charge in [0.25, 0.3) is 0 Å². The number of rotatable bonds is 6. The van der Waals surface area contributed by atoms with Gasteiger partial charge in [-0.3, -0.25) is 0 Å². The summed E-state index contributed by atoms with van der Waals surface area (Å²) < 4.78 is 49.1. The van der Waals surface area contributed by atoms with Crippen molar-refractivity contribution in [2.75, 3.05) is 6.61 Å². The van der Waals surface area contributed by atoms with Crippen molar-refractivity contribution in [3.8, 4) is 16.9 Å². The van der Waals surface area contributed by atoms with Gasteiger partial charge in [-0.25, -0.2) is 8.78 Å². The summed E-state index contributed by atoms with van der Waals surface area (Å²) in [6.45, 7) is 4.30. The fourth-order valence-electron chi connectivity index (χ4n) is 3.24. The van der Waals surface area contributed by atoms with Crippen LogP contribution >= 0.6 is 0 Å². The number of hydrogen-bond acceptors (Lipinski definition) is 1. The largest absolute Gasteiger partial charge is 0.490 e. The quantitative estimate of drug-likeness (QED) is 0.517. The second kappa shape index (κ2) is 6.88. The lowest BCUT2D eigenvalue weighted by atomic mass is 9.99. The molecule has 0 bridgehead atoms. The van der Waals surface area contributed by atoms with Crippen LogP contribution in [0.1, 0.15) is 49.8 Å². The molecule has 0 spiro atoms. The zero-order valence-corrected chi connectivity index (χ0v) is 14.0. The SMILES string of the molecule is CCCCOc1cc2c(c(F)c1F)-c1c(ccc(CCC)c1F)C2. The molecule has 0 N–H and O–H groups in total. The van der Waals surface area contributed by atoms with Gasteiger partial charge in [-0.15, -0.1) is 0 Å². The monoisotopic (exact) mass is 334 g/mol. The zero-order valence-electron chi connectivity index (χ0n) is 14.0. The minimum Gasteiger partial charge on any atom is -0.490 e. The summed E-state index contributed by atoms with van der Waals surface area (Å²) in [4.78, 5) is 0. The lowest BCUT2D eigenvalue weighted by Crippen LogP contribution is -2.03. The van der Waals surface area contributed by atoms with Gasteiger partial charge in [0.15, 0.2) is 11.6 Å². The van der Waals surface area contributed by atoms with E-state index in [2.05, 4.69) is 0 Å². The van der Waals surface area contributed by atoms with Gasteiger partial charge in [-0.05, 0) is 42.0 Å². The van der Waals surface area contributed by atoms with E-state index in [0.29, 0.717) is 36.1 Å². The second-order valence-electron chi connectivity index (χ2n) is 6.24. The normalized spacial score (nSPS) is 12.2. The molecule has 0 radical (unpaired) electrons. The zero-order chi connectivity index (χ0) is 17.3. The highest BCUT2D eigenvalue weighted by Gasteiger charge is 2.30. The van der Waals surface area contributed by atoms with Crippen LogP contribution in [0.15, 0.2) is 18.2 Å². The third-order valence-corrected chi connectivity index (χ3v) is 4.47. The number of fused-ring (bicyclic) bond motifs is 3. The van der Waals surface area contributed by atoms with Crippen LogP contribution in [-0.4, -0.2) is 6.61 Å². The molecule has 0 unspecified atom stereocenters. The summed E-state index contributed by atoms with van der Waals surface area (Å²) in [5.74, 6) is -2.55. The summed E-state index contributed by atoms with van der Waals surface area (Å²) in [5.41, 5.74) is 2.11. The molecule has 0 amide bonds. The number of halogens is 3. The van der Waals surface area contributed by atoms with Crippen LogP contribution in [0.25, 0.3) is 11.1 Å². The maximum absolute atomic E-state index is 14.8. The first kappa shape index (κ1) is 16.9. The molecular weight excluding hydrogens is 313 g/mol. The van der Waals surface area contributed by atoms with Gasteiger partial charge in [0, 0.05) is 11.1 Å². The van der Waals surface area contributed by atoms with Crippen LogP contribution in [0.2, 0.25) is 0 Å². The van der Waals surface area contributed by atoms with Crippen LogP contribution in [0, 0.1) is 17.5 Å². The molecule has 0 saturated heterocycles. The van der Waals surface area contributed by atoms with Gasteiger partial charge in [0.2, 0.25) is 5.82 Å². The van der Waals surface area contributed by atoms with E-state index in [1.807, 2.05) is 19.9 Å². The maximum atomic E-state index is 14.8. The number of ether oxygens (including phenoxy) is 1. The maximum Gasteiger partial charge on any atom is 0.201 e. The molecule has 4 heteroatoms. The van der Waals surface area contributed by atoms with Crippen LogP contribution in [0.3, 0.4) is 0 Å². The van der Waals surface area contributed by atoms with E-state index in [-0.39, 0.29) is 16.9 Å². The highest BCUT2D eigenvalue weighted by Crippen LogP contribution is 2.44. The molecule has 0 atom stereocenters. The van der Waals surface area contributed by atoms with E-state index >= 15 is 0 Å². The summed E-state index contributed by atoms with van der Waals surface area (Å²) in [7, 11) is 0. The first-order chi connectivity index (χ1) is 11.6. The highest BCUT2D eigenvalue weighted by atomic mass is 19.2. The van der Waals surface area contributed by atoms with Crippen LogP contribution < -0.4 is 4.74 Å². The molecule has 0 heterocycles. The Kier molecular flexibility index (Phi) is 4.83. The molecule has 0 fully saturated rings. The molecule has 24 heavy (non-hydrogen) atoms. The van der Waals surface area contributed by atoms with Crippen molar-refractivity contribution in [2.24, 2.45) is 0 Å². The Balaban J connectivity index is 2.06. The molecule has 2 aromatic carbocycles. The Morgan fingerprint density at radius 3 is 2.38 bits per heavy atom. The first-order valence-corrected chi connectivity index (χ1v) is 8.52. The van der Waals surface area contributed by atoms with E-state index in [0.717, 1.165) is 19.3 Å². The van der Waals surface area contributed by atoms with Crippen molar-refractivity contribution < 1.29 is 17.9 Å². The Morgan fingerprint density at radius 1 is 0.917 bits per heavy atom. The topological polar surface area (TPSA) is 9.23 Å². The average molecular weight is 334 g/mol. The van der Waals surface area contributed by atoms with Gasteiger partial charge >= 0.3 is 0 Å². The predicted octanol–water partition coefficient (Wildman–Crippen LogP) is 5.81. The second-order valence-corrected chi connectivity index (χ2v) is 6.24. The van der Waals surface area contributed by atoms with E-state index in [1.54, 1.807) is 6.07 Å². The molecule has 1 aliphatic carbocycles. The number of unbranched alkanes of at least 4 members (excludes halogenated alkanes) is 1. The van der Waals surface area contributed by atoms with Gasteiger partial charge < -0.3 is 4.74 Å². The molecular formula is C20H21F3O. The lowest BCUT2D eigenvalue weighted by Gasteiger charge is -2.12. The first-order valence-electron chi connectivity index (χ1n) is 8.52. The Bertz CT molecular complexity index is 768. The number of aryl methyl sites for hydroxylation is 1. The van der Waals surface area contributed by atoms with Crippen molar-refractivity contribution in [1.29, 1.82) is 0 Å². The molecule has 2 aromatic rings. The van der Waals surface area contributed by atoms with Gasteiger partial charge in [0.1, 0.15) is 5.82 Å². The third kappa shape index (κ3) is 2.79. The summed E-state index contributed by atoms with van der Waals surface area (Å²) in [6, 6.07) is 5.08. The Hall–Kier alpha value is -1.97. The average Bonchev–Trinajstić information content (AvgIpc) is 2.94. The summed E-state index contributed by atoms with van der Waals surface area (Å²) in [6.07, 6.45) is 3.45. The van der Waals surface area contributed by atoms with Crippen molar-refractivity contribution in [1.82, 2.24) is 0 Å². The lowest BCUT2D eigenvalue weighted by molar-refractivity contribution is 0.288. The predicted molar refractivity (Wildman–Crippen MR) is 89.0 cm³/mol. The Morgan fingerprint density at radius 2 is 1.67 bits per heavy atom. The van der Waals surface area contributed by atoms with E-state index < -0.39 is 17.5 Å². The van der Waals surface area contributed by atoms with E-state index in [9.17, 15) is 13.2 Å². The number of benzene rings is 2. The van der Waals surface area contributed by atoms with E-state index in [1.165, 1.54) is 6.07 Å². The standard InChI is InChI=1S/C20H21F3O/c1-3-5-9-24-15-11-14-10-13-8-7-12(6-4-2)18(21)16(13)17(14)20(23)19(15)22/h7-8,11H,3-6,9-10H2,1-2H3. The summed E-state index contributed by atoms with van der Waals surface area (Å²) >= 11 is 0. The van der Waals surface area contributed by atoms with Crippen molar-refractivity contribution in [3.63, 3.8) is 0 Å². The minimum atomic E-state index is -1.03. The molecule has 1 aliphatic rings. The van der Waals surface area contributed by atoms with Crippen LogP contribution in [-0.2, 0) is 12.8 Å². The molecule has 3 rings (SSSR count). The fourth-order valence-corrected chi connectivity index (χ4v) is 3.24. The van der Waals surface area contributed by atoms with Gasteiger partial charge in [0.05, 0.1) is 6.61 Å². The molecule has 0 aromatic heterocycles. The van der Waals surface area contributed by atoms with Crippen LogP contribution in [0.4, 0.5) is 13.2 Å². The van der Waals surface area contributed by atoms with E-state index in [4.69, 9.17) is 4.74 Å².